The first-order chi connectivity index (χ1) is 8.79. The van der Waals surface area contributed by atoms with E-state index in [9.17, 15) is 22.7 Å². The summed E-state index contributed by atoms with van der Waals surface area (Å²) in [7, 11) is 0. The molecule has 0 radical (unpaired) electrons. The van der Waals surface area contributed by atoms with Crippen LogP contribution in [-0.4, -0.2) is 11.2 Å². The second kappa shape index (κ2) is 5.09. The number of halogens is 4. The Hall–Kier alpha value is -1.14. The number of hydrogen-bond acceptors (Lipinski definition) is 2. The van der Waals surface area contributed by atoms with Gasteiger partial charge < -0.3 is 10.8 Å². The van der Waals surface area contributed by atoms with Crippen molar-refractivity contribution in [3.63, 3.8) is 0 Å². The van der Waals surface area contributed by atoms with E-state index in [0.29, 0.717) is 6.07 Å². The van der Waals surface area contributed by atoms with Crippen molar-refractivity contribution >= 4 is 0 Å². The Bertz CT molecular complexity index is 456. The first kappa shape index (κ1) is 14.3. The molecule has 0 unspecified atom stereocenters. The van der Waals surface area contributed by atoms with Gasteiger partial charge in [0.2, 0.25) is 0 Å². The van der Waals surface area contributed by atoms with E-state index in [0.717, 1.165) is 31.4 Å². The minimum Gasteiger partial charge on any atom is -0.391 e. The quantitative estimate of drug-likeness (QED) is 0.834. The van der Waals surface area contributed by atoms with Crippen LogP contribution >= 0.6 is 0 Å². The van der Waals surface area contributed by atoms with Crippen molar-refractivity contribution in [2.24, 2.45) is 11.7 Å². The number of aliphatic hydroxyl groups excluding tert-OH is 1. The highest BCUT2D eigenvalue weighted by atomic mass is 19.4. The van der Waals surface area contributed by atoms with Gasteiger partial charge in [-0.3, -0.25) is 0 Å². The van der Waals surface area contributed by atoms with E-state index in [-0.39, 0.29) is 11.5 Å². The summed E-state index contributed by atoms with van der Waals surface area (Å²) in [5.74, 6) is -1.01. The van der Waals surface area contributed by atoms with E-state index < -0.39 is 29.7 Å². The number of nitrogens with two attached hydrogens (primary N) is 1. The third-order valence-electron chi connectivity index (χ3n) is 3.63. The molecule has 106 valence electrons. The topological polar surface area (TPSA) is 46.2 Å². The molecule has 1 fully saturated rings. The molecule has 1 aromatic rings. The Labute approximate surface area is 108 Å². The summed E-state index contributed by atoms with van der Waals surface area (Å²) in [6, 6.07) is 1.17. The molecule has 0 aromatic heterocycles. The third kappa shape index (κ3) is 3.06. The molecule has 2 atom stereocenters. The van der Waals surface area contributed by atoms with Crippen molar-refractivity contribution in [3.8, 4) is 0 Å². The average Bonchev–Trinajstić information content (AvgIpc) is 2.23. The van der Waals surface area contributed by atoms with Crippen LogP contribution in [0.2, 0.25) is 0 Å². The van der Waals surface area contributed by atoms with Gasteiger partial charge in [-0.1, -0.05) is 6.42 Å². The molecule has 6 heteroatoms. The second-order valence-corrected chi connectivity index (χ2v) is 4.98. The van der Waals surface area contributed by atoms with Gasteiger partial charge >= 0.3 is 6.18 Å². The maximum Gasteiger partial charge on any atom is 0.416 e. The fourth-order valence-corrected chi connectivity index (χ4v) is 2.24. The molecular formula is C13H15F4NO. The molecule has 1 saturated carbocycles. The van der Waals surface area contributed by atoms with Crippen LogP contribution in [-0.2, 0) is 6.18 Å². The lowest BCUT2D eigenvalue weighted by Gasteiger charge is -2.34. The standard InChI is InChI=1S/C13H15F4NO/c14-10-5-8(4-9(6-10)13(15,16)17)11(18)12(19)7-2-1-3-7/h4-7,11-12,19H,1-3,18H2/t11-,12+/m0/s1. The lowest BCUT2D eigenvalue weighted by Crippen LogP contribution is -2.36. The Kier molecular flexibility index (Phi) is 3.82. The number of alkyl halides is 3. The molecule has 0 bridgehead atoms. The van der Waals surface area contributed by atoms with Gasteiger partial charge in [0.15, 0.2) is 0 Å². The lowest BCUT2D eigenvalue weighted by molar-refractivity contribution is -0.137. The van der Waals surface area contributed by atoms with Gasteiger partial charge in [-0.05, 0) is 42.5 Å². The molecule has 1 aliphatic rings. The Balaban J connectivity index is 2.25. The second-order valence-electron chi connectivity index (χ2n) is 4.98. The molecule has 2 nitrogen and oxygen atoms in total. The first-order valence-corrected chi connectivity index (χ1v) is 6.10. The number of aliphatic hydroxyl groups is 1. The van der Waals surface area contributed by atoms with Crippen LogP contribution in [0, 0.1) is 11.7 Å². The predicted octanol–water partition coefficient (Wildman–Crippen LogP) is 3.01. The molecule has 0 amide bonds. The van der Waals surface area contributed by atoms with E-state index in [1.54, 1.807) is 0 Å². The highest BCUT2D eigenvalue weighted by molar-refractivity contribution is 5.29. The van der Waals surface area contributed by atoms with Crippen molar-refractivity contribution in [2.45, 2.75) is 37.6 Å². The van der Waals surface area contributed by atoms with Gasteiger partial charge in [-0.15, -0.1) is 0 Å². The van der Waals surface area contributed by atoms with Gasteiger partial charge in [0.05, 0.1) is 17.7 Å². The first-order valence-electron chi connectivity index (χ1n) is 6.10. The maximum absolute atomic E-state index is 13.2. The number of hydrogen-bond donors (Lipinski definition) is 2. The zero-order chi connectivity index (χ0) is 14.2. The summed E-state index contributed by atoms with van der Waals surface area (Å²) < 4.78 is 51.0. The highest BCUT2D eigenvalue weighted by Crippen LogP contribution is 2.36. The van der Waals surface area contributed by atoms with Crippen LogP contribution in [0.4, 0.5) is 17.6 Å². The van der Waals surface area contributed by atoms with Crippen molar-refractivity contribution < 1.29 is 22.7 Å². The van der Waals surface area contributed by atoms with Crippen molar-refractivity contribution in [3.05, 3.63) is 35.1 Å². The molecule has 0 spiro atoms. The van der Waals surface area contributed by atoms with E-state index in [4.69, 9.17) is 5.73 Å². The van der Waals surface area contributed by atoms with Gasteiger partial charge in [0.1, 0.15) is 5.82 Å². The zero-order valence-corrected chi connectivity index (χ0v) is 10.1. The number of rotatable bonds is 3. The monoisotopic (exact) mass is 277 g/mol. The van der Waals surface area contributed by atoms with Crippen LogP contribution in [0.3, 0.4) is 0 Å². The fraction of sp³-hybridized carbons (Fsp3) is 0.538. The highest BCUT2D eigenvalue weighted by Gasteiger charge is 2.34. The molecule has 19 heavy (non-hydrogen) atoms. The molecule has 3 N–H and O–H groups in total. The zero-order valence-electron chi connectivity index (χ0n) is 10.1. The summed E-state index contributed by atoms with van der Waals surface area (Å²) in [6.07, 6.45) is -2.98. The Morgan fingerprint density at radius 3 is 2.32 bits per heavy atom. The van der Waals surface area contributed by atoms with E-state index in [1.165, 1.54) is 0 Å². The van der Waals surface area contributed by atoms with E-state index >= 15 is 0 Å². The molecule has 1 aromatic carbocycles. The smallest absolute Gasteiger partial charge is 0.391 e. The third-order valence-corrected chi connectivity index (χ3v) is 3.63. The maximum atomic E-state index is 13.2. The minimum atomic E-state index is -4.63. The van der Waals surface area contributed by atoms with Crippen LogP contribution in [0.1, 0.15) is 36.4 Å². The molecule has 0 heterocycles. The Morgan fingerprint density at radius 2 is 1.84 bits per heavy atom. The fourth-order valence-electron chi connectivity index (χ4n) is 2.24. The summed E-state index contributed by atoms with van der Waals surface area (Å²) in [5.41, 5.74) is 4.64. The van der Waals surface area contributed by atoms with Crippen LogP contribution in [0.15, 0.2) is 18.2 Å². The number of benzene rings is 1. The minimum absolute atomic E-state index is 0.00685. The summed E-state index contributed by atoms with van der Waals surface area (Å²) in [6.45, 7) is 0. The molecule has 2 rings (SSSR count). The largest absolute Gasteiger partial charge is 0.416 e. The van der Waals surface area contributed by atoms with Gasteiger partial charge in [0, 0.05) is 0 Å². The molecule has 1 aliphatic carbocycles. The van der Waals surface area contributed by atoms with Gasteiger partial charge in [0.25, 0.3) is 0 Å². The van der Waals surface area contributed by atoms with Gasteiger partial charge in [-0.25, -0.2) is 4.39 Å². The van der Waals surface area contributed by atoms with E-state index in [2.05, 4.69) is 0 Å². The molecule has 0 saturated heterocycles. The molecular weight excluding hydrogens is 262 g/mol. The SMILES string of the molecule is N[C@@H](c1cc(F)cc(C(F)(F)F)c1)[C@H](O)C1CCC1. The summed E-state index contributed by atoms with van der Waals surface area (Å²) in [5, 5.41) is 9.95. The van der Waals surface area contributed by atoms with E-state index in [1.807, 2.05) is 0 Å². The van der Waals surface area contributed by atoms with Crippen molar-refractivity contribution in [1.29, 1.82) is 0 Å². The van der Waals surface area contributed by atoms with Crippen molar-refractivity contribution in [2.75, 3.05) is 0 Å². The lowest BCUT2D eigenvalue weighted by atomic mass is 9.77. The Morgan fingerprint density at radius 1 is 1.21 bits per heavy atom. The average molecular weight is 277 g/mol. The predicted molar refractivity (Wildman–Crippen MR) is 61.7 cm³/mol. The van der Waals surface area contributed by atoms with Crippen LogP contribution in [0.5, 0.6) is 0 Å². The molecule has 0 aliphatic heterocycles. The van der Waals surface area contributed by atoms with Gasteiger partial charge in [-0.2, -0.15) is 13.2 Å². The van der Waals surface area contributed by atoms with Crippen LogP contribution < -0.4 is 5.73 Å². The van der Waals surface area contributed by atoms with Crippen molar-refractivity contribution in [1.82, 2.24) is 0 Å². The summed E-state index contributed by atoms with van der Waals surface area (Å²) in [4.78, 5) is 0. The summed E-state index contributed by atoms with van der Waals surface area (Å²) >= 11 is 0. The normalized spacial score (nSPS) is 19.9. The van der Waals surface area contributed by atoms with Crippen LogP contribution in [0.25, 0.3) is 0 Å².